The van der Waals surface area contributed by atoms with E-state index in [9.17, 15) is 21.6 Å². The van der Waals surface area contributed by atoms with Crippen LogP contribution in [0.5, 0.6) is 0 Å². The molecule has 3 N–H and O–H groups in total. The van der Waals surface area contributed by atoms with E-state index in [1.54, 1.807) is 31.2 Å². The van der Waals surface area contributed by atoms with Gasteiger partial charge in [0.1, 0.15) is 12.1 Å². The van der Waals surface area contributed by atoms with E-state index in [4.69, 9.17) is 5.14 Å². The number of nitrogens with two attached hydrogens (primary N) is 1. The van der Waals surface area contributed by atoms with Gasteiger partial charge in [-0.3, -0.25) is 0 Å². The Hall–Kier alpha value is -2.98. The van der Waals surface area contributed by atoms with Crippen LogP contribution in [0.2, 0.25) is 0 Å². The van der Waals surface area contributed by atoms with E-state index in [1.165, 1.54) is 18.5 Å². The lowest BCUT2D eigenvalue weighted by atomic mass is 10.1. The van der Waals surface area contributed by atoms with Crippen LogP contribution < -0.4 is 10.5 Å². The number of rotatable bonds is 7. The quantitative estimate of drug-likeness (QED) is 0.653. The Kier molecular flexibility index (Phi) is 6.93. The van der Waals surface area contributed by atoms with E-state index in [-0.39, 0.29) is 17.0 Å². The second-order valence-corrected chi connectivity index (χ2v) is 7.58. The summed E-state index contributed by atoms with van der Waals surface area (Å²) in [6, 6.07) is 8.00. The monoisotopic (exact) mass is 424 g/mol. The Labute approximate surface area is 166 Å². The zero-order valence-electron chi connectivity index (χ0n) is 15.4. The minimum absolute atomic E-state index is 0.241. The Morgan fingerprint density at radius 1 is 1.28 bits per heavy atom. The van der Waals surface area contributed by atoms with Gasteiger partial charge in [0, 0.05) is 11.8 Å². The average molecular weight is 424 g/mol. The molecular weight excluding hydrogens is 405 g/mol. The summed E-state index contributed by atoms with van der Waals surface area (Å²) in [6.45, 7) is 4.80. The fourth-order valence-electron chi connectivity index (χ4n) is 2.43. The molecule has 1 aromatic heterocycles. The molecule has 0 aliphatic rings. The molecule has 1 aromatic carbocycles. The van der Waals surface area contributed by atoms with E-state index in [1.807, 2.05) is 0 Å². The first-order valence-electron chi connectivity index (χ1n) is 8.28. The smallest absolute Gasteiger partial charge is 0.340 e. The van der Waals surface area contributed by atoms with Gasteiger partial charge >= 0.3 is 6.18 Å². The minimum atomic E-state index is -4.53. The largest absolute Gasteiger partial charge is 0.416 e. The molecule has 2 rings (SSSR count). The molecule has 0 saturated carbocycles. The lowest BCUT2D eigenvalue weighted by molar-refractivity contribution is -0.0880. The summed E-state index contributed by atoms with van der Waals surface area (Å²) in [5, 5.41) is 8.02. The van der Waals surface area contributed by atoms with Crippen LogP contribution in [0.15, 0.2) is 67.0 Å². The normalized spacial score (nSPS) is 13.3. The van der Waals surface area contributed by atoms with Crippen LogP contribution in [0.1, 0.15) is 18.2 Å². The first-order valence-corrected chi connectivity index (χ1v) is 10.00. The summed E-state index contributed by atoms with van der Waals surface area (Å²) in [4.78, 5) is 8.07. The number of primary sulfonamides is 1. The van der Waals surface area contributed by atoms with Gasteiger partial charge < -0.3 is 5.32 Å². The topological polar surface area (TPSA) is 98.0 Å². The number of hydrogen-bond acceptors (Lipinski definition) is 5. The van der Waals surface area contributed by atoms with Crippen molar-refractivity contribution >= 4 is 27.1 Å². The summed E-state index contributed by atoms with van der Waals surface area (Å²) < 4.78 is 61.5. The number of hydrogen-bond donors (Lipinski definition) is 2. The molecule has 0 aliphatic heterocycles. The number of anilines is 2. The van der Waals surface area contributed by atoms with Gasteiger partial charge in [0.05, 0.1) is 17.0 Å². The third kappa shape index (κ3) is 6.84. The molecule has 1 heterocycles. The van der Waals surface area contributed by atoms with Gasteiger partial charge in [0.2, 0.25) is 10.0 Å². The molecule has 0 amide bonds. The van der Waals surface area contributed by atoms with Gasteiger partial charge in [-0.25, -0.2) is 23.5 Å². The maximum Gasteiger partial charge on any atom is 0.416 e. The van der Waals surface area contributed by atoms with Crippen molar-refractivity contribution in [1.29, 1.82) is 0 Å². The second kappa shape index (κ2) is 9.01. The van der Waals surface area contributed by atoms with Crippen molar-refractivity contribution in [1.82, 2.24) is 9.97 Å². The maximum atomic E-state index is 13.0. The molecule has 0 aliphatic carbocycles. The number of halogens is 3. The standard InChI is InChI=1S/C19H19F3N4O2S/c1-3-14(9-15(4-2)19(20,21)22)17-10-18(25-12-24-17)26-16-7-5-6-13(8-16)11-29(23,27)28/h3-10,12H,2,11H2,1H3,(H2,23,27,28)(H,24,25,26)/b14-3+,15-9+. The predicted octanol–water partition coefficient (Wildman–Crippen LogP) is 4.09. The fraction of sp³-hybridized carbons (Fsp3) is 0.158. The number of aromatic nitrogens is 2. The molecule has 29 heavy (non-hydrogen) atoms. The molecule has 0 atom stereocenters. The highest BCUT2D eigenvalue weighted by Gasteiger charge is 2.31. The first kappa shape index (κ1) is 22.3. The highest BCUT2D eigenvalue weighted by Crippen LogP contribution is 2.29. The number of nitrogens with one attached hydrogen (secondary N) is 1. The number of sulfonamides is 1. The molecule has 10 heteroatoms. The van der Waals surface area contributed by atoms with Gasteiger partial charge in [-0.2, -0.15) is 13.2 Å². The van der Waals surface area contributed by atoms with Crippen molar-refractivity contribution in [3.05, 3.63) is 78.3 Å². The number of benzene rings is 1. The Bertz CT molecular complexity index is 1060. The van der Waals surface area contributed by atoms with Gasteiger partial charge in [-0.15, -0.1) is 0 Å². The van der Waals surface area contributed by atoms with Crippen LogP contribution in [0.4, 0.5) is 24.7 Å². The van der Waals surface area contributed by atoms with Crippen LogP contribution in [0.3, 0.4) is 0 Å². The van der Waals surface area contributed by atoms with E-state index in [2.05, 4.69) is 21.9 Å². The van der Waals surface area contributed by atoms with Crippen molar-refractivity contribution in [3.63, 3.8) is 0 Å². The molecule has 154 valence electrons. The van der Waals surface area contributed by atoms with Crippen LogP contribution in [-0.4, -0.2) is 24.6 Å². The molecular formula is C19H19F3N4O2S. The van der Waals surface area contributed by atoms with Gasteiger partial charge in [0.15, 0.2) is 0 Å². The molecule has 2 aromatic rings. The van der Waals surface area contributed by atoms with E-state index in [0.717, 1.165) is 12.2 Å². The van der Waals surface area contributed by atoms with Crippen molar-refractivity contribution in [2.45, 2.75) is 18.9 Å². The highest BCUT2D eigenvalue weighted by atomic mass is 32.2. The predicted molar refractivity (Wildman–Crippen MR) is 107 cm³/mol. The second-order valence-electron chi connectivity index (χ2n) is 5.97. The Morgan fingerprint density at radius 3 is 2.59 bits per heavy atom. The van der Waals surface area contributed by atoms with Crippen molar-refractivity contribution in [3.8, 4) is 0 Å². The van der Waals surface area contributed by atoms with E-state index in [0.29, 0.717) is 17.1 Å². The number of allylic oxidation sites excluding steroid dienone is 5. The SMILES string of the molecule is C=C/C(=C\C(=C/C)c1cc(Nc2cccc(CS(N)(=O)=O)c2)ncn1)C(F)(F)F. The minimum Gasteiger partial charge on any atom is -0.340 e. The third-order valence-corrected chi connectivity index (χ3v) is 4.44. The summed E-state index contributed by atoms with van der Waals surface area (Å²) in [5.74, 6) is -0.00464. The molecule has 0 saturated heterocycles. The molecule has 0 fully saturated rings. The lowest BCUT2D eigenvalue weighted by Gasteiger charge is -2.11. The summed E-state index contributed by atoms with van der Waals surface area (Å²) in [5.41, 5.74) is 0.634. The van der Waals surface area contributed by atoms with Crippen LogP contribution >= 0.6 is 0 Å². The van der Waals surface area contributed by atoms with Crippen LogP contribution in [0.25, 0.3) is 5.57 Å². The van der Waals surface area contributed by atoms with Crippen LogP contribution in [0, 0.1) is 0 Å². The highest BCUT2D eigenvalue weighted by molar-refractivity contribution is 7.88. The number of nitrogens with zero attached hydrogens (tertiary/aromatic N) is 2. The van der Waals surface area contributed by atoms with Crippen molar-refractivity contribution in [2.75, 3.05) is 5.32 Å². The van der Waals surface area contributed by atoms with Crippen molar-refractivity contribution < 1.29 is 21.6 Å². The third-order valence-electron chi connectivity index (χ3n) is 3.70. The summed E-state index contributed by atoms with van der Waals surface area (Å²) in [6.07, 6.45) is -0.140. The van der Waals surface area contributed by atoms with Crippen molar-refractivity contribution in [2.24, 2.45) is 5.14 Å². The zero-order valence-corrected chi connectivity index (χ0v) is 16.3. The molecule has 0 radical (unpaired) electrons. The Balaban J connectivity index is 2.31. The molecule has 0 bridgehead atoms. The maximum absolute atomic E-state index is 13.0. The van der Waals surface area contributed by atoms with E-state index < -0.39 is 21.8 Å². The summed E-state index contributed by atoms with van der Waals surface area (Å²) >= 11 is 0. The van der Waals surface area contributed by atoms with Gasteiger partial charge in [-0.05, 0) is 36.3 Å². The van der Waals surface area contributed by atoms with Gasteiger partial charge in [-0.1, -0.05) is 30.9 Å². The molecule has 6 nitrogen and oxygen atoms in total. The Morgan fingerprint density at radius 2 is 2.00 bits per heavy atom. The summed E-state index contributed by atoms with van der Waals surface area (Å²) in [7, 11) is -3.68. The first-order chi connectivity index (χ1) is 13.5. The average Bonchev–Trinajstić information content (AvgIpc) is 2.60. The molecule has 0 unspecified atom stereocenters. The number of alkyl halides is 3. The van der Waals surface area contributed by atoms with Crippen LogP contribution in [-0.2, 0) is 15.8 Å². The van der Waals surface area contributed by atoms with Gasteiger partial charge in [0.25, 0.3) is 0 Å². The van der Waals surface area contributed by atoms with E-state index >= 15 is 0 Å². The fourth-order valence-corrected chi connectivity index (χ4v) is 3.08. The zero-order chi connectivity index (χ0) is 21.7. The molecule has 0 spiro atoms. The lowest BCUT2D eigenvalue weighted by Crippen LogP contribution is -2.14.